The lowest BCUT2D eigenvalue weighted by molar-refractivity contribution is 0.471. The van der Waals surface area contributed by atoms with Crippen LogP contribution < -0.4 is 10.5 Å². The smallest absolute Gasteiger partial charge is 0.140 e. The molecule has 0 spiro atoms. The van der Waals surface area contributed by atoms with Gasteiger partial charge in [0.25, 0.3) is 0 Å². The summed E-state index contributed by atoms with van der Waals surface area (Å²) in [7, 11) is 0. The Balaban J connectivity index is 2.31. The third-order valence-corrected chi connectivity index (χ3v) is 2.79. The van der Waals surface area contributed by atoms with E-state index >= 15 is 0 Å². The van der Waals surface area contributed by atoms with E-state index in [0.29, 0.717) is 27.1 Å². The van der Waals surface area contributed by atoms with E-state index in [1.54, 1.807) is 24.3 Å². The van der Waals surface area contributed by atoms with Crippen molar-refractivity contribution >= 4 is 29.9 Å². The van der Waals surface area contributed by atoms with Gasteiger partial charge in [-0.05, 0) is 48.9 Å². The number of nitrogens with two attached hydrogens (primary N) is 1. The summed E-state index contributed by atoms with van der Waals surface area (Å²) >= 11 is 10.3. The largest absolute Gasteiger partial charge is 0.456 e. The van der Waals surface area contributed by atoms with Crippen molar-refractivity contribution in [3.8, 4) is 11.5 Å². The van der Waals surface area contributed by atoms with Gasteiger partial charge in [0.2, 0.25) is 0 Å². The zero-order valence-electron chi connectivity index (χ0n) is 9.27. The molecule has 0 aromatic heterocycles. The lowest BCUT2D eigenvalue weighted by atomic mass is 10.2. The SMILES string of the molecule is Cc1cc(Cl)cc(Oc2ccc(N)cc2S)c1. The summed E-state index contributed by atoms with van der Waals surface area (Å²) in [6.45, 7) is 1.96. The number of ether oxygens (including phenoxy) is 1. The Labute approximate surface area is 111 Å². The second-order valence-corrected chi connectivity index (χ2v) is 4.71. The van der Waals surface area contributed by atoms with Gasteiger partial charge in [-0.15, -0.1) is 12.6 Å². The first-order valence-electron chi connectivity index (χ1n) is 5.08. The molecule has 2 rings (SSSR count). The molecule has 0 atom stereocenters. The number of anilines is 1. The quantitative estimate of drug-likeness (QED) is 0.627. The van der Waals surface area contributed by atoms with Gasteiger partial charge in [0.15, 0.2) is 0 Å². The van der Waals surface area contributed by atoms with Gasteiger partial charge in [-0.25, -0.2) is 0 Å². The molecule has 2 N–H and O–H groups in total. The predicted octanol–water partition coefficient (Wildman–Crippen LogP) is 4.31. The van der Waals surface area contributed by atoms with Crippen LogP contribution >= 0.6 is 24.2 Å². The number of aryl methyl sites for hydroxylation is 1. The minimum absolute atomic E-state index is 0.649. The number of nitrogen functional groups attached to an aromatic ring is 1. The third kappa shape index (κ3) is 3.08. The molecule has 2 nitrogen and oxygen atoms in total. The Morgan fingerprint density at radius 3 is 2.59 bits per heavy atom. The highest BCUT2D eigenvalue weighted by molar-refractivity contribution is 7.80. The molecule has 2 aromatic carbocycles. The molecule has 88 valence electrons. The number of benzene rings is 2. The molecule has 4 heteroatoms. The van der Waals surface area contributed by atoms with Gasteiger partial charge < -0.3 is 10.5 Å². The Hall–Kier alpha value is -1.32. The molecule has 0 bridgehead atoms. The minimum Gasteiger partial charge on any atom is -0.456 e. The van der Waals surface area contributed by atoms with Crippen LogP contribution in [0.2, 0.25) is 5.02 Å². The Morgan fingerprint density at radius 2 is 1.94 bits per heavy atom. The van der Waals surface area contributed by atoms with Crippen LogP contribution in [0.1, 0.15) is 5.56 Å². The highest BCUT2D eigenvalue weighted by atomic mass is 35.5. The van der Waals surface area contributed by atoms with Crippen molar-refractivity contribution < 1.29 is 4.74 Å². The van der Waals surface area contributed by atoms with Crippen LogP contribution in [0.5, 0.6) is 11.5 Å². The molecule has 0 aliphatic carbocycles. The van der Waals surface area contributed by atoms with Crippen LogP contribution in [-0.2, 0) is 0 Å². The van der Waals surface area contributed by atoms with Gasteiger partial charge in [-0.3, -0.25) is 0 Å². The average Bonchev–Trinajstić information content (AvgIpc) is 2.21. The van der Waals surface area contributed by atoms with Crippen molar-refractivity contribution in [1.29, 1.82) is 0 Å². The van der Waals surface area contributed by atoms with Gasteiger partial charge in [0.05, 0.1) is 0 Å². The summed E-state index contributed by atoms with van der Waals surface area (Å²) in [4.78, 5) is 0.697. The van der Waals surface area contributed by atoms with Crippen LogP contribution in [0.3, 0.4) is 0 Å². The number of hydrogen-bond donors (Lipinski definition) is 2. The number of rotatable bonds is 2. The van der Waals surface area contributed by atoms with Gasteiger partial charge in [0, 0.05) is 15.6 Å². The molecule has 0 amide bonds. The zero-order chi connectivity index (χ0) is 12.4. The lowest BCUT2D eigenvalue weighted by Crippen LogP contribution is -1.89. The summed E-state index contributed by atoms with van der Waals surface area (Å²) < 4.78 is 5.71. The van der Waals surface area contributed by atoms with E-state index in [4.69, 9.17) is 22.1 Å². The van der Waals surface area contributed by atoms with E-state index < -0.39 is 0 Å². The Morgan fingerprint density at radius 1 is 1.18 bits per heavy atom. The van der Waals surface area contributed by atoms with E-state index in [9.17, 15) is 0 Å². The van der Waals surface area contributed by atoms with Crippen LogP contribution in [0, 0.1) is 6.92 Å². The highest BCUT2D eigenvalue weighted by Gasteiger charge is 2.04. The topological polar surface area (TPSA) is 35.2 Å². The van der Waals surface area contributed by atoms with Crippen LogP contribution in [0.4, 0.5) is 5.69 Å². The van der Waals surface area contributed by atoms with Crippen molar-refractivity contribution in [2.24, 2.45) is 0 Å². The first-order chi connectivity index (χ1) is 8.04. The maximum absolute atomic E-state index is 5.96. The molecule has 17 heavy (non-hydrogen) atoms. The van der Waals surface area contributed by atoms with Crippen molar-refractivity contribution in [1.82, 2.24) is 0 Å². The lowest BCUT2D eigenvalue weighted by Gasteiger charge is -2.09. The van der Waals surface area contributed by atoms with Crippen LogP contribution in [0.25, 0.3) is 0 Å². The van der Waals surface area contributed by atoms with Gasteiger partial charge >= 0.3 is 0 Å². The van der Waals surface area contributed by atoms with E-state index in [1.165, 1.54) is 0 Å². The molecule has 0 radical (unpaired) electrons. The van der Waals surface area contributed by atoms with Gasteiger partial charge in [0.1, 0.15) is 11.5 Å². The number of halogens is 1. The molecule has 0 unspecified atom stereocenters. The maximum atomic E-state index is 5.96. The molecular formula is C13H12ClNOS. The fourth-order valence-corrected chi connectivity index (χ4v) is 2.06. The second kappa shape index (κ2) is 4.90. The van der Waals surface area contributed by atoms with Crippen LogP contribution in [0.15, 0.2) is 41.3 Å². The first-order valence-corrected chi connectivity index (χ1v) is 5.90. The van der Waals surface area contributed by atoms with E-state index in [-0.39, 0.29) is 0 Å². The molecule has 0 heterocycles. The minimum atomic E-state index is 0.649. The molecule has 0 aliphatic rings. The van der Waals surface area contributed by atoms with Crippen LogP contribution in [-0.4, -0.2) is 0 Å². The standard InChI is InChI=1S/C13H12ClNOS/c1-8-4-9(14)6-11(5-8)16-12-3-2-10(15)7-13(12)17/h2-7,17H,15H2,1H3. The molecule has 2 aromatic rings. The van der Waals surface area contributed by atoms with Crippen molar-refractivity contribution in [3.63, 3.8) is 0 Å². The van der Waals surface area contributed by atoms with Crippen molar-refractivity contribution in [3.05, 3.63) is 47.0 Å². The maximum Gasteiger partial charge on any atom is 0.140 e. The number of thiol groups is 1. The number of hydrogen-bond acceptors (Lipinski definition) is 3. The fourth-order valence-electron chi connectivity index (χ4n) is 1.51. The summed E-state index contributed by atoms with van der Waals surface area (Å²) in [5.74, 6) is 1.35. The highest BCUT2D eigenvalue weighted by Crippen LogP contribution is 2.31. The van der Waals surface area contributed by atoms with E-state index in [2.05, 4.69) is 12.6 Å². The second-order valence-electron chi connectivity index (χ2n) is 3.79. The Bertz CT molecular complexity index is 537. The van der Waals surface area contributed by atoms with Gasteiger partial charge in [-0.1, -0.05) is 11.6 Å². The molecule has 0 saturated heterocycles. The average molecular weight is 266 g/mol. The zero-order valence-corrected chi connectivity index (χ0v) is 10.9. The summed E-state index contributed by atoms with van der Waals surface area (Å²) in [5.41, 5.74) is 7.35. The van der Waals surface area contributed by atoms with Crippen molar-refractivity contribution in [2.45, 2.75) is 11.8 Å². The summed E-state index contributed by atoms with van der Waals surface area (Å²) in [5, 5.41) is 0.649. The molecule has 0 saturated carbocycles. The van der Waals surface area contributed by atoms with E-state index in [1.807, 2.05) is 19.1 Å². The van der Waals surface area contributed by atoms with Gasteiger partial charge in [-0.2, -0.15) is 0 Å². The Kier molecular flexibility index (Phi) is 3.50. The van der Waals surface area contributed by atoms with Crippen molar-refractivity contribution in [2.75, 3.05) is 5.73 Å². The molecule has 0 aliphatic heterocycles. The third-order valence-electron chi connectivity index (χ3n) is 2.23. The fraction of sp³-hybridized carbons (Fsp3) is 0.0769. The van der Waals surface area contributed by atoms with E-state index in [0.717, 1.165) is 5.56 Å². The first kappa shape index (κ1) is 12.1. The molecular weight excluding hydrogens is 254 g/mol. The predicted molar refractivity (Wildman–Crippen MR) is 74.4 cm³/mol. The monoisotopic (exact) mass is 265 g/mol. The normalized spacial score (nSPS) is 10.3. The molecule has 0 fully saturated rings. The summed E-state index contributed by atoms with van der Waals surface area (Å²) in [6, 6.07) is 10.9. The summed E-state index contributed by atoms with van der Waals surface area (Å²) in [6.07, 6.45) is 0.